The molecular formula is C10H19NO3S. The number of hydrogen-bond donors (Lipinski definition) is 0. The lowest BCUT2D eigenvalue weighted by atomic mass is 9.93. The van der Waals surface area contributed by atoms with E-state index in [1.807, 2.05) is 11.9 Å². The van der Waals surface area contributed by atoms with Gasteiger partial charge in [0.25, 0.3) is 0 Å². The Kier molecular flexibility index (Phi) is 4.28. The fraction of sp³-hybridized carbons (Fsp3) is 0.900. The number of sulfone groups is 1. The van der Waals surface area contributed by atoms with Crippen molar-refractivity contribution in [3.05, 3.63) is 0 Å². The summed E-state index contributed by atoms with van der Waals surface area (Å²) in [4.78, 5) is 13.4. The van der Waals surface area contributed by atoms with Crippen molar-refractivity contribution in [1.29, 1.82) is 0 Å². The van der Waals surface area contributed by atoms with Gasteiger partial charge >= 0.3 is 0 Å². The first-order chi connectivity index (χ1) is 6.90. The van der Waals surface area contributed by atoms with Crippen molar-refractivity contribution in [3.63, 3.8) is 0 Å². The topological polar surface area (TPSA) is 54.5 Å². The first-order valence-electron chi connectivity index (χ1n) is 5.31. The summed E-state index contributed by atoms with van der Waals surface area (Å²) in [7, 11) is -1.10. The predicted molar refractivity (Wildman–Crippen MR) is 59.6 cm³/mol. The number of nitrogens with zero attached hydrogens (tertiary/aromatic N) is 1. The Morgan fingerprint density at radius 3 is 2.60 bits per heavy atom. The van der Waals surface area contributed by atoms with Crippen LogP contribution in [-0.2, 0) is 14.6 Å². The van der Waals surface area contributed by atoms with Gasteiger partial charge in [0.15, 0.2) is 0 Å². The summed E-state index contributed by atoms with van der Waals surface area (Å²) in [5.41, 5.74) is 0. The summed E-state index contributed by atoms with van der Waals surface area (Å²) < 4.78 is 22.0. The summed E-state index contributed by atoms with van der Waals surface area (Å²) in [6.07, 6.45) is 4.80. The Bertz CT molecular complexity index is 324. The third kappa shape index (κ3) is 4.30. The Balaban J connectivity index is 2.45. The molecule has 1 saturated carbocycles. The van der Waals surface area contributed by atoms with Crippen LogP contribution >= 0.6 is 0 Å². The zero-order valence-electron chi connectivity index (χ0n) is 9.40. The van der Waals surface area contributed by atoms with Gasteiger partial charge in [-0.05, 0) is 19.9 Å². The van der Waals surface area contributed by atoms with Crippen LogP contribution in [0.4, 0.5) is 0 Å². The Morgan fingerprint density at radius 2 is 2.07 bits per heavy atom. The molecule has 0 heterocycles. The monoisotopic (exact) mass is 233 g/mol. The van der Waals surface area contributed by atoms with E-state index in [4.69, 9.17) is 0 Å². The van der Waals surface area contributed by atoms with E-state index >= 15 is 0 Å². The van der Waals surface area contributed by atoms with Crippen LogP contribution in [-0.4, -0.2) is 50.7 Å². The van der Waals surface area contributed by atoms with Gasteiger partial charge in [-0.15, -0.1) is 0 Å². The van der Waals surface area contributed by atoms with Crippen molar-refractivity contribution >= 4 is 15.6 Å². The predicted octanol–water partition coefficient (Wildman–Crippen LogP) is 0.474. The van der Waals surface area contributed by atoms with E-state index in [1.54, 1.807) is 0 Å². The molecule has 0 N–H and O–H groups in total. The highest BCUT2D eigenvalue weighted by Crippen LogP contribution is 2.18. The zero-order chi connectivity index (χ0) is 11.5. The summed E-state index contributed by atoms with van der Waals surface area (Å²) >= 11 is 0. The number of likely N-dealkylation sites (N-methyl/N-ethyl adjacent to an activating group) is 1. The molecule has 0 saturated heterocycles. The quantitative estimate of drug-likeness (QED) is 0.708. The van der Waals surface area contributed by atoms with Gasteiger partial charge < -0.3 is 0 Å². The largest absolute Gasteiger partial charge is 0.298 e. The molecule has 0 aliphatic heterocycles. The van der Waals surface area contributed by atoms with E-state index in [-0.39, 0.29) is 17.6 Å². The first kappa shape index (κ1) is 12.6. The van der Waals surface area contributed by atoms with Crippen molar-refractivity contribution in [2.75, 3.05) is 25.6 Å². The molecule has 0 bridgehead atoms. The summed E-state index contributed by atoms with van der Waals surface area (Å²) in [6, 6.07) is -0.0551. The fourth-order valence-electron chi connectivity index (χ4n) is 1.90. The Hall–Kier alpha value is -0.420. The van der Waals surface area contributed by atoms with Crippen LogP contribution in [0.15, 0.2) is 0 Å². The van der Waals surface area contributed by atoms with Crippen LogP contribution in [0.1, 0.15) is 25.7 Å². The molecular weight excluding hydrogens is 214 g/mol. The summed E-state index contributed by atoms with van der Waals surface area (Å²) in [5, 5.41) is 0. The average Bonchev–Trinajstić information content (AvgIpc) is 2.14. The Labute approximate surface area is 91.6 Å². The molecule has 0 radical (unpaired) electrons. The zero-order valence-corrected chi connectivity index (χ0v) is 10.2. The second-order valence-electron chi connectivity index (χ2n) is 4.34. The third-order valence-electron chi connectivity index (χ3n) is 2.87. The number of carbonyl (C=O) groups is 1. The number of Topliss-reactive ketones (excluding diaryl/α,β-unsaturated/α-hetero) is 1. The minimum absolute atomic E-state index is 0.0551. The molecule has 0 amide bonds. The molecule has 1 unspecified atom stereocenters. The molecule has 1 rings (SSSR count). The second kappa shape index (κ2) is 5.07. The number of ketones is 1. The molecule has 15 heavy (non-hydrogen) atoms. The van der Waals surface area contributed by atoms with Crippen LogP contribution < -0.4 is 0 Å². The maximum absolute atomic E-state index is 11.6. The normalized spacial score (nSPS) is 23.4. The SMILES string of the molecule is CN(CCS(C)(=O)=O)C1CCCCC1=O. The number of carbonyl (C=O) groups excluding carboxylic acids is 1. The highest BCUT2D eigenvalue weighted by atomic mass is 32.2. The van der Waals surface area contributed by atoms with Gasteiger partial charge in [0, 0.05) is 19.2 Å². The van der Waals surface area contributed by atoms with E-state index in [2.05, 4.69) is 0 Å². The lowest BCUT2D eigenvalue weighted by Crippen LogP contribution is -2.42. The van der Waals surface area contributed by atoms with Crippen LogP contribution in [0.5, 0.6) is 0 Å². The van der Waals surface area contributed by atoms with Crippen molar-refractivity contribution < 1.29 is 13.2 Å². The first-order valence-corrected chi connectivity index (χ1v) is 7.37. The lowest BCUT2D eigenvalue weighted by Gasteiger charge is -2.29. The average molecular weight is 233 g/mol. The molecule has 1 atom stereocenters. The highest BCUT2D eigenvalue weighted by molar-refractivity contribution is 7.90. The maximum atomic E-state index is 11.6. The van der Waals surface area contributed by atoms with Gasteiger partial charge in [-0.1, -0.05) is 6.42 Å². The molecule has 1 aliphatic carbocycles. The van der Waals surface area contributed by atoms with Crippen molar-refractivity contribution in [3.8, 4) is 0 Å². The molecule has 4 nitrogen and oxygen atoms in total. The highest BCUT2D eigenvalue weighted by Gasteiger charge is 2.25. The van der Waals surface area contributed by atoms with Crippen LogP contribution in [0.25, 0.3) is 0 Å². The van der Waals surface area contributed by atoms with Crippen molar-refractivity contribution in [2.24, 2.45) is 0 Å². The lowest BCUT2D eigenvalue weighted by molar-refractivity contribution is -0.125. The van der Waals surface area contributed by atoms with E-state index in [9.17, 15) is 13.2 Å². The molecule has 0 aromatic heterocycles. The van der Waals surface area contributed by atoms with E-state index in [1.165, 1.54) is 6.26 Å². The van der Waals surface area contributed by atoms with Gasteiger partial charge in [0.2, 0.25) is 0 Å². The molecule has 88 valence electrons. The van der Waals surface area contributed by atoms with Crippen molar-refractivity contribution in [2.45, 2.75) is 31.7 Å². The summed E-state index contributed by atoms with van der Waals surface area (Å²) in [6.45, 7) is 0.454. The molecule has 1 fully saturated rings. The fourth-order valence-corrected chi connectivity index (χ4v) is 2.52. The maximum Gasteiger partial charge on any atom is 0.149 e. The smallest absolute Gasteiger partial charge is 0.149 e. The van der Waals surface area contributed by atoms with Gasteiger partial charge in [0.05, 0.1) is 11.8 Å². The van der Waals surface area contributed by atoms with E-state index < -0.39 is 9.84 Å². The van der Waals surface area contributed by atoms with Crippen LogP contribution in [0.2, 0.25) is 0 Å². The number of rotatable bonds is 4. The minimum Gasteiger partial charge on any atom is -0.298 e. The molecule has 5 heteroatoms. The molecule has 0 spiro atoms. The standard InChI is InChI=1S/C10H19NO3S/c1-11(7-8-15(2,13)14)9-5-3-4-6-10(9)12/h9H,3-8H2,1-2H3. The molecule has 1 aliphatic rings. The van der Waals surface area contributed by atoms with Gasteiger partial charge in [0.1, 0.15) is 15.6 Å². The Morgan fingerprint density at radius 1 is 1.40 bits per heavy atom. The van der Waals surface area contributed by atoms with Gasteiger partial charge in [-0.25, -0.2) is 8.42 Å². The van der Waals surface area contributed by atoms with E-state index in [0.717, 1.165) is 19.3 Å². The molecule has 0 aromatic carbocycles. The third-order valence-corrected chi connectivity index (χ3v) is 3.79. The minimum atomic E-state index is -2.93. The van der Waals surface area contributed by atoms with Crippen molar-refractivity contribution in [1.82, 2.24) is 4.90 Å². The van der Waals surface area contributed by atoms with Crippen LogP contribution in [0, 0.1) is 0 Å². The van der Waals surface area contributed by atoms with E-state index in [0.29, 0.717) is 13.0 Å². The van der Waals surface area contributed by atoms with Gasteiger partial charge in [-0.2, -0.15) is 0 Å². The summed E-state index contributed by atoms with van der Waals surface area (Å²) in [5.74, 6) is 0.394. The second-order valence-corrected chi connectivity index (χ2v) is 6.60. The van der Waals surface area contributed by atoms with Gasteiger partial charge in [-0.3, -0.25) is 9.69 Å². The van der Waals surface area contributed by atoms with Crippen LogP contribution in [0.3, 0.4) is 0 Å². The number of hydrogen-bond acceptors (Lipinski definition) is 4. The molecule has 0 aromatic rings.